The molecule has 0 bridgehead atoms. The van der Waals surface area contributed by atoms with Crippen LogP contribution in [0.5, 0.6) is 0 Å². The van der Waals surface area contributed by atoms with E-state index in [2.05, 4.69) is 50.7 Å². The quantitative estimate of drug-likeness (QED) is 0.645. The minimum absolute atomic E-state index is 0.696. The van der Waals surface area contributed by atoms with Crippen molar-refractivity contribution in [1.29, 1.82) is 5.26 Å². The van der Waals surface area contributed by atoms with Crippen LogP contribution in [0.4, 0.5) is 0 Å². The van der Waals surface area contributed by atoms with Gasteiger partial charge in [0.1, 0.15) is 6.07 Å². The lowest BCUT2D eigenvalue weighted by atomic mass is 10.2. The zero-order valence-corrected chi connectivity index (χ0v) is 10.9. The molecule has 0 atom stereocenters. The minimum atomic E-state index is 0.696. The lowest BCUT2D eigenvalue weighted by molar-refractivity contribution is 1.48. The first-order valence-corrected chi connectivity index (χ1v) is 6.18. The fourth-order valence-electron chi connectivity index (χ4n) is 1.12. The van der Waals surface area contributed by atoms with Gasteiger partial charge in [0.15, 0.2) is 0 Å². The molecule has 0 N–H and O–H groups in total. The maximum absolute atomic E-state index is 8.81. The molecule has 0 aliphatic rings. The van der Waals surface area contributed by atoms with Crippen molar-refractivity contribution in [2.75, 3.05) is 0 Å². The lowest BCUT2D eigenvalue weighted by Crippen LogP contribution is -1.75. The highest BCUT2D eigenvalue weighted by Crippen LogP contribution is 2.31. The largest absolute Gasteiger partial charge is 0.192 e. The molecule has 1 aromatic carbocycles. The topological polar surface area (TPSA) is 23.8 Å². The minimum Gasteiger partial charge on any atom is -0.192 e. The summed E-state index contributed by atoms with van der Waals surface area (Å²) in [6, 6.07) is 8.16. The van der Waals surface area contributed by atoms with E-state index in [1.165, 1.54) is 7.58 Å². The molecule has 2 aromatic rings. The molecular formula is C9H3BrINS. The van der Waals surface area contributed by atoms with Crippen molar-refractivity contribution in [2.45, 2.75) is 0 Å². The van der Waals surface area contributed by atoms with Gasteiger partial charge in [0.2, 0.25) is 0 Å². The van der Waals surface area contributed by atoms with Crippen LogP contribution in [0.3, 0.4) is 0 Å². The number of rotatable bonds is 0. The molecule has 0 unspecified atom stereocenters. The number of benzene rings is 1. The molecule has 0 saturated carbocycles. The average molecular weight is 364 g/mol. The first-order valence-electron chi connectivity index (χ1n) is 3.49. The fraction of sp³-hybridized carbons (Fsp3) is 0. The van der Waals surface area contributed by atoms with Gasteiger partial charge >= 0.3 is 0 Å². The highest BCUT2D eigenvalue weighted by Gasteiger charge is 2.04. The Morgan fingerprint density at radius 1 is 1.38 bits per heavy atom. The molecule has 13 heavy (non-hydrogen) atoms. The number of hydrogen-bond donors (Lipinski definition) is 0. The molecule has 0 aliphatic heterocycles. The fourth-order valence-corrected chi connectivity index (χ4v) is 3.55. The number of nitriles is 1. The van der Waals surface area contributed by atoms with Gasteiger partial charge < -0.3 is 0 Å². The lowest BCUT2D eigenvalue weighted by Gasteiger charge is -1.94. The van der Waals surface area contributed by atoms with Crippen LogP contribution in [-0.2, 0) is 0 Å². The third-order valence-electron chi connectivity index (χ3n) is 1.70. The Kier molecular flexibility index (Phi) is 2.58. The van der Waals surface area contributed by atoms with Crippen molar-refractivity contribution in [2.24, 2.45) is 0 Å². The number of nitrogens with zero attached hydrogens (tertiary/aromatic N) is 1. The summed E-state index contributed by atoms with van der Waals surface area (Å²) in [7, 11) is 0. The number of thiophene rings is 1. The van der Waals surface area contributed by atoms with Gasteiger partial charge in [-0.05, 0) is 62.1 Å². The normalized spacial score (nSPS) is 10.2. The SMILES string of the molecule is N#Cc1cc2cc(I)sc2cc1Br. The van der Waals surface area contributed by atoms with Gasteiger partial charge in [-0.25, -0.2) is 0 Å². The van der Waals surface area contributed by atoms with E-state index in [1.807, 2.05) is 12.1 Å². The number of halogens is 2. The second-order valence-corrected chi connectivity index (χ2v) is 6.36. The summed E-state index contributed by atoms with van der Waals surface area (Å²) >= 11 is 7.39. The highest BCUT2D eigenvalue weighted by atomic mass is 127. The van der Waals surface area contributed by atoms with Crippen LogP contribution in [0.2, 0.25) is 0 Å². The second-order valence-electron chi connectivity index (χ2n) is 2.53. The Balaban J connectivity index is 2.82. The molecule has 0 saturated heterocycles. The molecule has 2 rings (SSSR count). The van der Waals surface area contributed by atoms with Gasteiger partial charge in [-0.2, -0.15) is 5.26 Å². The molecule has 64 valence electrons. The second kappa shape index (κ2) is 3.56. The highest BCUT2D eigenvalue weighted by molar-refractivity contribution is 14.1. The predicted molar refractivity (Wildman–Crippen MR) is 67.0 cm³/mol. The summed E-state index contributed by atoms with van der Waals surface area (Å²) in [6.45, 7) is 0. The summed E-state index contributed by atoms with van der Waals surface area (Å²) in [6.07, 6.45) is 0. The van der Waals surface area contributed by atoms with Crippen LogP contribution in [0.15, 0.2) is 22.7 Å². The van der Waals surface area contributed by atoms with Crippen molar-refractivity contribution in [1.82, 2.24) is 0 Å². The molecule has 1 heterocycles. The Bertz CT molecular complexity index is 512. The summed E-state index contributed by atoms with van der Waals surface area (Å²) < 4.78 is 3.34. The van der Waals surface area contributed by atoms with Gasteiger partial charge in [0.05, 0.1) is 8.45 Å². The summed E-state index contributed by atoms with van der Waals surface area (Å²) in [5, 5.41) is 9.95. The van der Waals surface area contributed by atoms with Gasteiger partial charge in [-0.3, -0.25) is 0 Å². The van der Waals surface area contributed by atoms with Gasteiger partial charge in [0.25, 0.3) is 0 Å². The zero-order valence-electron chi connectivity index (χ0n) is 6.34. The standard InChI is InChI=1S/C9H3BrINS/c10-7-3-8-5(1-6(7)4-12)2-9(11)13-8/h1-3H. The van der Waals surface area contributed by atoms with Gasteiger partial charge in [-0.1, -0.05) is 0 Å². The molecular weight excluding hydrogens is 361 g/mol. The van der Waals surface area contributed by atoms with Crippen LogP contribution < -0.4 is 0 Å². The van der Waals surface area contributed by atoms with Crippen molar-refractivity contribution in [3.63, 3.8) is 0 Å². The molecule has 1 nitrogen and oxygen atoms in total. The first kappa shape index (κ1) is 9.44. The maximum atomic E-state index is 8.81. The molecule has 0 amide bonds. The van der Waals surface area contributed by atoms with Crippen LogP contribution in [-0.4, -0.2) is 0 Å². The van der Waals surface area contributed by atoms with E-state index in [0.717, 1.165) is 9.86 Å². The van der Waals surface area contributed by atoms with E-state index >= 15 is 0 Å². The average Bonchev–Trinajstić information content (AvgIpc) is 2.42. The number of hydrogen-bond acceptors (Lipinski definition) is 2. The smallest absolute Gasteiger partial charge is 0.100 e. The van der Waals surface area contributed by atoms with Crippen LogP contribution in [0, 0.1) is 14.2 Å². The van der Waals surface area contributed by atoms with Crippen molar-refractivity contribution in [3.05, 3.63) is 31.1 Å². The van der Waals surface area contributed by atoms with Crippen molar-refractivity contribution in [3.8, 4) is 6.07 Å². The van der Waals surface area contributed by atoms with Crippen molar-refractivity contribution < 1.29 is 0 Å². The summed E-state index contributed by atoms with van der Waals surface area (Å²) in [5.74, 6) is 0. The van der Waals surface area contributed by atoms with E-state index in [-0.39, 0.29) is 0 Å². The zero-order chi connectivity index (χ0) is 9.42. The molecule has 0 radical (unpaired) electrons. The monoisotopic (exact) mass is 363 g/mol. The predicted octanol–water partition coefficient (Wildman–Crippen LogP) is 4.14. The molecule has 0 aliphatic carbocycles. The van der Waals surface area contributed by atoms with E-state index in [9.17, 15) is 0 Å². The Labute approximate surface area is 102 Å². The Morgan fingerprint density at radius 3 is 2.85 bits per heavy atom. The Morgan fingerprint density at radius 2 is 2.15 bits per heavy atom. The van der Waals surface area contributed by atoms with E-state index in [1.54, 1.807) is 11.3 Å². The molecule has 1 aromatic heterocycles. The summed E-state index contributed by atoms with van der Waals surface area (Å²) in [4.78, 5) is 0. The maximum Gasteiger partial charge on any atom is 0.100 e. The van der Waals surface area contributed by atoms with Crippen molar-refractivity contribution >= 4 is 59.9 Å². The van der Waals surface area contributed by atoms with Crippen LogP contribution in [0.25, 0.3) is 10.1 Å². The third-order valence-corrected chi connectivity index (χ3v) is 4.21. The van der Waals surface area contributed by atoms with E-state index in [4.69, 9.17) is 5.26 Å². The van der Waals surface area contributed by atoms with Gasteiger partial charge in [0, 0.05) is 9.17 Å². The Hall–Kier alpha value is -0.120. The van der Waals surface area contributed by atoms with Crippen LogP contribution in [0.1, 0.15) is 5.56 Å². The molecule has 0 spiro atoms. The third kappa shape index (κ3) is 1.73. The van der Waals surface area contributed by atoms with Crippen LogP contribution >= 0.6 is 49.9 Å². The van der Waals surface area contributed by atoms with E-state index in [0.29, 0.717) is 5.56 Å². The molecule has 4 heteroatoms. The van der Waals surface area contributed by atoms with E-state index < -0.39 is 0 Å². The van der Waals surface area contributed by atoms with Gasteiger partial charge in [-0.15, -0.1) is 11.3 Å². The summed E-state index contributed by atoms with van der Waals surface area (Å²) in [5.41, 5.74) is 0.696. The first-order chi connectivity index (χ1) is 6.20. The molecule has 0 fully saturated rings. The number of fused-ring (bicyclic) bond motifs is 1.